The average molecular weight is 767 g/mol. The second-order valence-electron chi connectivity index (χ2n) is 14.2. The Labute approximate surface area is 307 Å². The van der Waals surface area contributed by atoms with Gasteiger partial charge >= 0.3 is 24.1 Å². The third-order valence-electron chi connectivity index (χ3n) is 10.6. The number of aromatic amines is 1. The second kappa shape index (κ2) is 16.0. The molecule has 3 aliphatic rings. The standard InChI is InChI=1S/C36H44F6N8O4/c1-46-12-5-13-47(19-18-46)25-8-14-48(15-9-25)32(51)29(22-23-20-27(35(37,38)39)30(43)28(21-23)36(40,41)42)54-34(53)49-16-10-26(11-17-49)50-33(52)44-31(45-50)24-6-3-2-4-7-24/h2-4,6-7,20-21,25-26,29H,5,8-19,22,43H2,1H3,(H,44,45,52)/t29-/m1/s1. The van der Waals surface area contributed by atoms with Crippen LogP contribution in [0.15, 0.2) is 47.3 Å². The Hall–Kier alpha value is -4.58. The van der Waals surface area contributed by atoms with Crippen LogP contribution < -0.4 is 11.4 Å². The molecule has 4 heterocycles. The molecule has 0 unspecified atom stereocenters. The SMILES string of the molecule is CN1CCCN(C2CCN(C(=O)[C@@H](Cc3cc(C(F)(F)F)c(N)c(C(F)(F)F)c3)OC(=O)N3CCC(n4nc(-c5ccccc5)[nH]c4=O)CC3)CC2)CC1. The number of rotatable bonds is 7. The van der Waals surface area contributed by atoms with Gasteiger partial charge in [0.05, 0.1) is 22.9 Å². The summed E-state index contributed by atoms with van der Waals surface area (Å²) in [7, 11) is 2.06. The molecule has 0 spiro atoms. The lowest BCUT2D eigenvalue weighted by atomic mass is 9.97. The van der Waals surface area contributed by atoms with Gasteiger partial charge in [0.1, 0.15) is 0 Å². The molecule has 1 atom stereocenters. The van der Waals surface area contributed by atoms with Crippen LogP contribution in [0.25, 0.3) is 11.4 Å². The van der Waals surface area contributed by atoms with Crippen LogP contribution in [0.1, 0.15) is 54.8 Å². The van der Waals surface area contributed by atoms with Crippen LogP contribution in [-0.2, 0) is 28.3 Å². The second-order valence-corrected chi connectivity index (χ2v) is 14.2. The lowest BCUT2D eigenvalue weighted by Crippen LogP contribution is -2.51. The number of ether oxygens (including phenoxy) is 1. The Bertz CT molecular complexity index is 1800. The van der Waals surface area contributed by atoms with E-state index in [1.165, 1.54) is 14.5 Å². The van der Waals surface area contributed by atoms with Crippen LogP contribution >= 0.6 is 0 Å². The van der Waals surface area contributed by atoms with Crippen molar-refractivity contribution in [2.24, 2.45) is 0 Å². The van der Waals surface area contributed by atoms with Gasteiger partial charge in [-0.05, 0) is 69.9 Å². The number of H-pyrrole nitrogens is 1. The Kier molecular flexibility index (Phi) is 11.6. The highest BCUT2D eigenvalue weighted by atomic mass is 19.4. The molecule has 3 aliphatic heterocycles. The summed E-state index contributed by atoms with van der Waals surface area (Å²) in [6.45, 7) is 4.41. The fourth-order valence-electron chi connectivity index (χ4n) is 7.58. The molecule has 0 radical (unpaired) electrons. The predicted molar refractivity (Wildman–Crippen MR) is 186 cm³/mol. The zero-order valence-corrected chi connectivity index (χ0v) is 29.8. The number of anilines is 1. The van der Waals surface area contributed by atoms with Crippen molar-refractivity contribution in [1.82, 2.24) is 34.4 Å². The first kappa shape index (κ1) is 39.1. The fraction of sp³-hybridized carbons (Fsp3) is 0.556. The van der Waals surface area contributed by atoms with Crippen LogP contribution in [0, 0.1) is 0 Å². The van der Waals surface area contributed by atoms with E-state index in [2.05, 4.69) is 26.9 Å². The van der Waals surface area contributed by atoms with Crippen molar-refractivity contribution in [1.29, 1.82) is 0 Å². The van der Waals surface area contributed by atoms with E-state index >= 15 is 0 Å². The first-order valence-electron chi connectivity index (χ1n) is 18.1. The molecule has 0 saturated carbocycles. The number of hydrogen-bond acceptors (Lipinski definition) is 8. The minimum atomic E-state index is -5.22. The molecule has 2 amide bonds. The van der Waals surface area contributed by atoms with Crippen LogP contribution in [0.2, 0.25) is 0 Å². The van der Waals surface area contributed by atoms with E-state index in [9.17, 15) is 40.7 Å². The van der Waals surface area contributed by atoms with E-state index in [-0.39, 0.29) is 38.3 Å². The largest absolute Gasteiger partial charge is 0.436 e. The van der Waals surface area contributed by atoms with E-state index in [0.29, 0.717) is 43.6 Å². The van der Waals surface area contributed by atoms with Crippen molar-refractivity contribution in [3.05, 3.63) is 69.6 Å². The Morgan fingerprint density at radius 3 is 2.06 bits per heavy atom. The van der Waals surface area contributed by atoms with Gasteiger partial charge in [-0.2, -0.15) is 26.3 Å². The fourth-order valence-corrected chi connectivity index (χ4v) is 7.58. The van der Waals surface area contributed by atoms with Crippen LogP contribution in [0.5, 0.6) is 0 Å². The number of likely N-dealkylation sites (N-methyl/N-ethyl adjacent to an activating group) is 1. The lowest BCUT2D eigenvalue weighted by molar-refractivity contribution is -0.142. The highest BCUT2D eigenvalue weighted by molar-refractivity contribution is 5.84. The average Bonchev–Trinajstić information content (AvgIpc) is 3.40. The van der Waals surface area contributed by atoms with E-state index in [1.807, 2.05) is 18.2 Å². The molecule has 12 nitrogen and oxygen atoms in total. The highest BCUT2D eigenvalue weighted by Gasteiger charge is 2.42. The molecular weight excluding hydrogens is 722 g/mol. The van der Waals surface area contributed by atoms with Gasteiger partial charge < -0.3 is 25.2 Å². The summed E-state index contributed by atoms with van der Waals surface area (Å²) in [5.74, 6) is -0.320. The summed E-state index contributed by atoms with van der Waals surface area (Å²) in [6.07, 6.45) is -11.0. The van der Waals surface area contributed by atoms with E-state index in [1.54, 1.807) is 12.1 Å². The molecule has 0 aliphatic carbocycles. The normalized spacial score (nSPS) is 19.5. The number of nitrogens with zero attached hydrogens (tertiary/aromatic N) is 6. The maximum atomic E-state index is 14.0. The molecule has 1 aromatic heterocycles. The third-order valence-corrected chi connectivity index (χ3v) is 10.6. The van der Waals surface area contributed by atoms with Gasteiger partial charge in [-0.1, -0.05) is 30.3 Å². The van der Waals surface area contributed by atoms with Crippen molar-refractivity contribution >= 4 is 17.7 Å². The molecule has 3 aromatic rings. The number of nitrogens with two attached hydrogens (primary N) is 1. The van der Waals surface area contributed by atoms with Gasteiger partial charge in [0, 0.05) is 57.3 Å². The zero-order valence-electron chi connectivity index (χ0n) is 29.8. The predicted octanol–water partition coefficient (Wildman–Crippen LogP) is 4.87. The number of halogens is 6. The van der Waals surface area contributed by atoms with Gasteiger partial charge in [-0.3, -0.25) is 14.7 Å². The highest BCUT2D eigenvalue weighted by Crippen LogP contribution is 2.42. The number of aromatic nitrogens is 3. The summed E-state index contributed by atoms with van der Waals surface area (Å²) < 4.78 is 90.4. The van der Waals surface area contributed by atoms with Gasteiger partial charge in [-0.15, -0.1) is 5.10 Å². The number of carbonyl (C=O) groups is 2. The number of benzene rings is 2. The molecule has 18 heteroatoms. The molecule has 54 heavy (non-hydrogen) atoms. The molecular formula is C36H44F6N8O4. The first-order chi connectivity index (χ1) is 25.6. The number of likely N-dealkylation sites (tertiary alicyclic amines) is 2. The van der Waals surface area contributed by atoms with Crippen molar-refractivity contribution < 1.29 is 40.7 Å². The Morgan fingerprint density at radius 1 is 0.852 bits per heavy atom. The Morgan fingerprint density at radius 2 is 1.44 bits per heavy atom. The summed E-state index contributed by atoms with van der Waals surface area (Å²) >= 11 is 0. The number of hydrogen-bond donors (Lipinski definition) is 2. The molecule has 2 aromatic carbocycles. The monoisotopic (exact) mass is 766 g/mol. The van der Waals surface area contributed by atoms with Crippen molar-refractivity contribution in [2.75, 3.05) is 65.1 Å². The number of piperidine rings is 2. The summed E-state index contributed by atoms with van der Waals surface area (Å²) in [5.41, 5.74) is 0.272. The zero-order chi connectivity index (χ0) is 38.8. The van der Waals surface area contributed by atoms with Crippen LogP contribution in [-0.4, -0.2) is 118 Å². The van der Waals surface area contributed by atoms with E-state index in [0.717, 1.165) is 38.2 Å². The van der Waals surface area contributed by atoms with E-state index < -0.39 is 64.9 Å². The quantitative estimate of drug-likeness (QED) is 0.257. The van der Waals surface area contributed by atoms with Gasteiger partial charge in [-0.25, -0.2) is 14.3 Å². The number of nitrogen functional groups attached to an aromatic ring is 1. The summed E-state index contributed by atoms with van der Waals surface area (Å²) in [5, 5.41) is 4.43. The molecule has 0 bridgehead atoms. The minimum absolute atomic E-state index is 0.0963. The molecule has 3 N–H and O–H groups in total. The van der Waals surface area contributed by atoms with Gasteiger partial charge in [0.15, 0.2) is 11.9 Å². The maximum Gasteiger partial charge on any atom is 0.418 e. The van der Waals surface area contributed by atoms with Gasteiger partial charge in [0.25, 0.3) is 5.91 Å². The van der Waals surface area contributed by atoms with Gasteiger partial charge in [0.2, 0.25) is 0 Å². The van der Waals surface area contributed by atoms with Crippen LogP contribution in [0.4, 0.5) is 36.8 Å². The topological polar surface area (TPSA) is 133 Å². The minimum Gasteiger partial charge on any atom is -0.436 e. The third kappa shape index (κ3) is 9.02. The molecule has 3 fully saturated rings. The Balaban J connectivity index is 1.18. The lowest BCUT2D eigenvalue weighted by Gasteiger charge is -2.39. The number of nitrogens with one attached hydrogen (secondary N) is 1. The number of alkyl halides is 6. The van der Waals surface area contributed by atoms with Crippen molar-refractivity contribution in [2.45, 2.75) is 69.1 Å². The maximum absolute atomic E-state index is 14.0. The molecule has 294 valence electrons. The summed E-state index contributed by atoms with van der Waals surface area (Å²) in [6, 6.07) is 9.83. The first-order valence-corrected chi connectivity index (χ1v) is 18.1. The van der Waals surface area contributed by atoms with E-state index in [4.69, 9.17) is 10.5 Å². The van der Waals surface area contributed by atoms with Crippen LogP contribution in [0.3, 0.4) is 0 Å². The smallest absolute Gasteiger partial charge is 0.418 e. The molecule has 3 saturated heterocycles. The molecule has 6 rings (SSSR count). The summed E-state index contributed by atoms with van der Waals surface area (Å²) in [4.78, 5) is 50.5. The van der Waals surface area contributed by atoms with Crippen molar-refractivity contribution in [3.8, 4) is 11.4 Å². The number of carbonyl (C=O) groups excluding carboxylic acids is 2. The number of amides is 2. The van der Waals surface area contributed by atoms with Crippen molar-refractivity contribution in [3.63, 3.8) is 0 Å².